The van der Waals surface area contributed by atoms with E-state index in [1.54, 1.807) is 0 Å². The molecular formula is C35H39Br2NO4. The third kappa shape index (κ3) is 8.68. The molecule has 42 heavy (non-hydrogen) atoms. The first kappa shape index (κ1) is 32.2. The molecule has 0 bridgehead atoms. The first-order valence-corrected chi connectivity index (χ1v) is 15.9. The molecule has 0 fully saturated rings. The van der Waals surface area contributed by atoms with Crippen molar-refractivity contribution >= 4 is 31.9 Å². The van der Waals surface area contributed by atoms with Gasteiger partial charge >= 0.3 is 0 Å². The van der Waals surface area contributed by atoms with E-state index >= 15 is 0 Å². The summed E-state index contributed by atoms with van der Waals surface area (Å²) in [7, 11) is 0. The third-order valence-electron chi connectivity index (χ3n) is 7.43. The maximum absolute atomic E-state index is 9.03. The van der Waals surface area contributed by atoms with E-state index in [9.17, 15) is 0 Å². The lowest BCUT2D eigenvalue weighted by atomic mass is 9.92. The highest BCUT2D eigenvalue weighted by molar-refractivity contribution is 9.10. The van der Waals surface area contributed by atoms with E-state index in [1.165, 1.54) is 27.8 Å². The van der Waals surface area contributed by atoms with Gasteiger partial charge in [-0.3, -0.25) is 0 Å². The minimum absolute atomic E-state index is 0.124. The molecule has 0 aliphatic rings. The average Bonchev–Trinajstić information content (AvgIpc) is 2.98. The molecule has 0 radical (unpaired) electrons. The second-order valence-corrected chi connectivity index (χ2v) is 12.1. The molecule has 0 saturated heterocycles. The van der Waals surface area contributed by atoms with E-state index in [0.29, 0.717) is 26.3 Å². The standard InChI is InChI=1S/C35H39Br2NO4/c1-24-28(22-41-34-14-12-26(19-32(34)36)7-3-4-17-39)8-5-10-30(24)31-11-6-9-29(25(31)2)23-42-35-15-13-27(20-33(35)37)21-38-16-18-40/h5-6,8-15,19-20,38-40H,3-4,7,16-18,21-23H2,1-2H3. The number of aryl methyl sites for hydroxylation is 1. The topological polar surface area (TPSA) is 71.0 Å². The van der Waals surface area contributed by atoms with Gasteiger partial charge in [-0.25, -0.2) is 0 Å². The Kier molecular flexibility index (Phi) is 12.5. The lowest BCUT2D eigenvalue weighted by molar-refractivity contribution is 0.284. The third-order valence-corrected chi connectivity index (χ3v) is 8.67. The Bertz CT molecular complexity index is 1360. The summed E-state index contributed by atoms with van der Waals surface area (Å²) < 4.78 is 14.3. The number of halogens is 2. The van der Waals surface area contributed by atoms with Crippen molar-refractivity contribution in [1.29, 1.82) is 0 Å². The van der Waals surface area contributed by atoms with Crippen LogP contribution in [0.25, 0.3) is 11.1 Å². The smallest absolute Gasteiger partial charge is 0.134 e. The molecule has 0 aromatic heterocycles. The summed E-state index contributed by atoms with van der Waals surface area (Å²) in [6.07, 6.45) is 2.73. The Morgan fingerprint density at radius 3 is 1.74 bits per heavy atom. The summed E-state index contributed by atoms with van der Waals surface area (Å²) in [6.45, 7) is 6.87. The maximum atomic E-state index is 9.03. The van der Waals surface area contributed by atoms with Crippen molar-refractivity contribution in [3.05, 3.63) is 115 Å². The largest absolute Gasteiger partial charge is 0.488 e. The van der Waals surface area contributed by atoms with Gasteiger partial charge in [0.15, 0.2) is 0 Å². The minimum atomic E-state index is 0.124. The van der Waals surface area contributed by atoms with Crippen molar-refractivity contribution in [3.8, 4) is 22.6 Å². The number of unbranched alkanes of at least 4 members (excludes halogenated alkanes) is 1. The van der Waals surface area contributed by atoms with Crippen LogP contribution in [0.3, 0.4) is 0 Å². The number of hydrogen-bond acceptors (Lipinski definition) is 5. The van der Waals surface area contributed by atoms with Crippen LogP contribution in [-0.4, -0.2) is 30.0 Å². The Morgan fingerprint density at radius 1 is 0.667 bits per heavy atom. The summed E-state index contributed by atoms with van der Waals surface area (Å²) in [6, 6.07) is 25.1. The summed E-state index contributed by atoms with van der Waals surface area (Å²) >= 11 is 7.31. The number of aliphatic hydroxyl groups excluding tert-OH is 2. The summed E-state index contributed by atoms with van der Waals surface area (Å²) in [5.41, 5.74) is 9.41. The Labute approximate surface area is 266 Å². The van der Waals surface area contributed by atoms with Crippen LogP contribution in [0.4, 0.5) is 0 Å². The van der Waals surface area contributed by atoms with Gasteiger partial charge in [-0.15, -0.1) is 0 Å². The Morgan fingerprint density at radius 2 is 1.21 bits per heavy atom. The molecule has 3 N–H and O–H groups in total. The van der Waals surface area contributed by atoms with E-state index in [4.69, 9.17) is 19.7 Å². The minimum Gasteiger partial charge on any atom is -0.488 e. The lowest BCUT2D eigenvalue weighted by Gasteiger charge is -2.17. The van der Waals surface area contributed by atoms with Gasteiger partial charge in [-0.2, -0.15) is 0 Å². The van der Waals surface area contributed by atoms with Crippen LogP contribution in [0.5, 0.6) is 11.5 Å². The van der Waals surface area contributed by atoms with Crippen LogP contribution in [0.1, 0.15) is 46.2 Å². The fourth-order valence-electron chi connectivity index (χ4n) is 4.92. The van der Waals surface area contributed by atoms with Crippen molar-refractivity contribution in [2.75, 3.05) is 19.8 Å². The highest BCUT2D eigenvalue weighted by atomic mass is 79.9. The second kappa shape index (κ2) is 16.2. The van der Waals surface area contributed by atoms with Crippen molar-refractivity contribution in [1.82, 2.24) is 5.32 Å². The van der Waals surface area contributed by atoms with Gasteiger partial charge in [0.2, 0.25) is 0 Å². The molecule has 0 unspecified atom stereocenters. The Balaban J connectivity index is 1.44. The molecule has 5 nitrogen and oxygen atoms in total. The zero-order valence-corrected chi connectivity index (χ0v) is 27.4. The van der Waals surface area contributed by atoms with Gasteiger partial charge in [0, 0.05) is 19.7 Å². The van der Waals surface area contributed by atoms with E-state index < -0.39 is 0 Å². The fourth-order valence-corrected chi connectivity index (χ4v) is 6.00. The number of benzene rings is 4. The van der Waals surface area contributed by atoms with Gasteiger partial charge in [-0.05, 0) is 134 Å². The molecule has 0 aliphatic heterocycles. The summed E-state index contributed by atoms with van der Waals surface area (Å²) in [5, 5.41) is 21.2. The first-order chi connectivity index (χ1) is 20.4. The van der Waals surface area contributed by atoms with Crippen molar-refractivity contribution in [2.45, 2.75) is 52.9 Å². The van der Waals surface area contributed by atoms with Crippen LogP contribution in [-0.2, 0) is 26.2 Å². The van der Waals surface area contributed by atoms with Gasteiger partial charge in [0.05, 0.1) is 15.6 Å². The molecule has 0 heterocycles. The second-order valence-electron chi connectivity index (χ2n) is 10.4. The molecular weight excluding hydrogens is 658 g/mol. The quantitative estimate of drug-likeness (QED) is 0.110. The summed E-state index contributed by atoms with van der Waals surface area (Å²) in [4.78, 5) is 0. The number of nitrogens with one attached hydrogen (secondary N) is 1. The zero-order valence-electron chi connectivity index (χ0n) is 24.3. The van der Waals surface area contributed by atoms with E-state index in [0.717, 1.165) is 56.4 Å². The van der Waals surface area contributed by atoms with Gasteiger partial charge in [0.25, 0.3) is 0 Å². The molecule has 7 heteroatoms. The highest BCUT2D eigenvalue weighted by Gasteiger charge is 2.13. The highest BCUT2D eigenvalue weighted by Crippen LogP contribution is 2.33. The summed E-state index contributed by atoms with van der Waals surface area (Å²) in [5.74, 6) is 1.62. The molecule has 0 aliphatic carbocycles. The van der Waals surface area contributed by atoms with Crippen LogP contribution in [0.15, 0.2) is 81.7 Å². The molecule has 0 amide bonds. The molecule has 4 aromatic carbocycles. The van der Waals surface area contributed by atoms with Crippen molar-refractivity contribution < 1.29 is 19.7 Å². The van der Waals surface area contributed by atoms with Crippen LogP contribution in [0.2, 0.25) is 0 Å². The number of rotatable bonds is 15. The SMILES string of the molecule is Cc1c(COc2ccc(CCCCO)cc2Br)cccc1-c1cccc(COc2ccc(CNCCO)cc2Br)c1C. The molecule has 0 spiro atoms. The Hall–Kier alpha value is -2.68. The van der Waals surface area contributed by atoms with Crippen LogP contribution >= 0.6 is 31.9 Å². The zero-order chi connectivity index (χ0) is 29.9. The maximum Gasteiger partial charge on any atom is 0.134 e. The van der Waals surface area contributed by atoms with Crippen molar-refractivity contribution in [2.24, 2.45) is 0 Å². The molecule has 4 aromatic rings. The van der Waals surface area contributed by atoms with Gasteiger partial charge < -0.3 is 25.0 Å². The number of aliphatic hydroxyl groups is 2. The average molecular weight is 698 g/mol. The van der Waals surface area contributed by atoms with E-state index in [-0.39, 0.29) is 13.2 Å². The lowest BCUT2D eigenvalue weighted by Crippen LogP contribution is -2.17. The van der Waals surface area contributed by atoms with Crippen LogP contribution in [0, 0.1) is 13.8 Å². The molecule has 222 valence electrons. The predicted octanol–water partition coefficient (Wildman–Crippen LogP) is 8.05. The van der Waals surface area contributed by atoms with E-state index in [1.807, 2.05) is 24.3 Å². The monoisotopic (exact) mass is 695 g/mol. The van der Waals surface area contributed by atoms with Crippen molar-refractivity contribution in [3.63, 3.8) is 0 Å². The fraction of sp³-hybridized carbons (Fsp3) is 0.314. The van der Waals surface area contributed by atoms with Gasteiger partial charge in [0.1, 0.15) is 24.7 Å². The molecule has 0 atom stereocenters. The normalized spacial score (nSPS) is 11.1. The molecule has 4 rings (SSSR count). The molecule has 0 saturated carbocycles. The predicted molar refractivity (Wildman–Crippen MR) is 177 cm³/mol. The number of ether oxygens (including phenoxy) is 2. The van der Waals surface area contributed by atoms with Gasteiger partial charge in [-0.1, -0.05) is 48.5 Å². The van der Waals surface area contributed by atoms with E-state index in [2.05, 4.69) is 99.6 Å². The number of hydrogen-bond donors (Lipinski definition) is 3. The van der Waals surface area contributed by atoms with Crippen LogP contribution < -0.4 is 14.8 Å². The first-order valence-electron chi connectivity index (χ1n) is 14.3.